The summed E-state index contributed by atoms with van der Waals surface area (Å²) in [6.07, 6.45) is -0.0512. The predicted octanol–water partition coefficient (Wildman–Crippen LogP) is 4.43. The number of rotatable bonds is 8. The van der Waals surface area contributed by atoms with Gasteiger partial charge in [-0.25, -0.2) is 0 Å². The zero-order valence-corrected chi connectivity index (χ0v) is 15.9. The number of anilines is 1. The summed E-state index contributed by atoms with van der Waals surface area (Å²) in [5.41, 5.74) is 2.46. The molecule has 29 heavy (non-hydrogen) atoms. The number of benzene rings is 3. The second-order valence-electron chi connectivity index (χ2n) is 6.49. The summed E-state index contributed by atoms with van der Waals surface area (Å²) in [6.45, 7) is 1.86. The molecule has 0 fully saturated rings. The SMILES string of the molecule is Cc1ccc(Oc2ccc(NC(=O)COc3ccc(CC(=O)O)cc3)cc2)cc1. The van der Waals surface area contributed by atoms with Crippen molar-refractivity contribution in [3.8, 4) is 17.2 Å². The molecule has 3 aromatic rings. The maximum absolute atomic E-state index is 12.1. The van der Waals surface area contributed by atoms with Gasteiger partial charge in [-0.1, -0.05) is 29.8 Å². The first-order valence-electron chi connectivity index (χ1n) is 9.06. The summed E-state index contributed by atoms with van der Waals surface area (Å²) in [7, 11) is 0. The van der Waals surface area contributed by atoms with Crippen molar-refractivity contribution in [3.63, 3.8) is 0 Å². The fourth-order valence-electron chi connectivity index (χ4n) is 2.57. The van der Waals surface area contributed by atoms with Gasteiger partial charge in [0.25, 0.3) is 5.91 Å². The Balaban J connectivity index is 1.47. The van der Waals surface area contributed by atoms with Crippen molar-refractivity contribution in [1.29, 1.82) is 0 Å². The Labute approximate surface area is 168 Å². The first-order valence-corrected chi connectivity index (χ1v) is 9.06. The van der Waals surface area contributed by atoms with Gasteiger partial charge in [0.15, 0.2) is 6.61 Å². The van der Waals surface area contributed by atoms with Crippen LogP contribution in [0.5, 0.6) is 17.2 Å². The number of aliphatic carboxylic acids is 1. The average Bonchev–Trinajstić information content (AvgIpc) is 2.70. The molecule has 148 valence electrons. The smallest absolute Gasteiger partial charge is 0.307 e. The molecule has 0 heterocycles. The minimum absolute atomic E-state index is 0.0512. The van der Waals surface area contributed by atoms with E-state index in [2.05, 4.69) is 5.32 Å². The molecule has 0 aromatic heterocycles. The fourth-order valence-corrected chi connectivity index (χ4v) is 2.57. The molecular weight excluding hydrogens is 370 g/mol. The Morgan fingerprint density at radius 2 is 1.38 bits per heavy atom. The summed E-state index contributed by atoms with van der Waals surface area (Å²) in [6, 6.07) is 21.4. The lowest BCUT2D eigenvalue weighted by atomic mass is 10.1. The van der Waals surface area contributed by atoms with E-state index in [1.54, 1.807) is 48.5 Å². The molecule has 0 unspecified atom stereocenters. The minimum Gasteiger partial charge on any atom is -0.484 e. The number of carboxylic acid groups (broad SMARTS) is 1. The van der Waals surface area contributed by atoms with Crippen molar-refractivity contribution in [1.82, 2.24) is 0 Å². The van der Waals surface area contributed by atoms with Crippen LogP contribution in [0.15, 0.2) is 72.8 Å². The van der Waals surface area contributed by atoms with Crippen molar-refractivity contribution in [2.24, 2.45) is 0 Å². The third-order valence-corrected chi connectivity index (χ3v) is 4.04. The molecule has 1 amide bonds. The van der Waals surface area contributed by atoms with Crippen LogP contribution in [0.2, 0.25) is 0 Å². The maximum Gasteiger partial charge on any atom is 0.307 e. The largest absolute Gasteiger partial charge is 0.484 e. The average molecular weight is 391 g/mol. The molecule has 0 atom stereocenters. The molecule has 0 bridgehead atoms. The van der Waals surface area contributed by atoms with Gasteiger partial charge in [0.05, 0.1) is 6.42 Å². The number of carbonyl (C=O) groups is 2. The Kier molecular flexibility index (Phi) is 6.47. The third kappa shape index (κ3) is 6.39. The van der Waals surface area contributed by atoms with Gasteiger partial charge < -0.3 is 19.9 Å². The molecule has 6 nitrogen and oxygen atoms in total. The molecular formula is C23H21NO5. The Morgan fingerprint density at radius 3 is 1.97 bits per heavy atom. The highest BCUT2D eigenvalue weighted by Gasteiger charge is 2.06. The molecule has 0 saturated carbocycles. The van der Waals surface area contributed by atoms with E-state index in [1.165, 1.54) is 0 Å². The van der Waals surface area contributed by atoms with Gasteiger partial charge >= 0.3 is 5.97 Å². The van der Waals surface area contributed by atoms with Gasteiger partial charge in [0, 0.05) is 5.69 Å². The number of nitrogens with one attached hydrogen (secondary N) is 1. The lowest BCUT2D eigenvalue weighted by molar-refractivity contribution is -0.136. The second-order valence-corrected chi connectivity index (χ2v) is 6.49. The highest BCUT2D eigenvalue weighted by molar-refractivity contribution is 5.91. The Bertz CT molecular complexity index is 964. The highest BCUT2D eigenvalue weighted by Crippen LogP contribution is 2.23. The number of hydrogen-bond donors (Lipinski definition) is 2. The van der Waals surface area contributed by atoms with E-state index < -0.39 is 5.97 Å². The number of carboxylic acids is 1. The van der Waals surface area contributed by atoms with Gasteiger partial charge in [-0.2, -0.15) is 0 Å². The molecule has 3 rings (SSSR count). The van der Waals surface area contributed by atoms with E-state index in [1.807, 2.05) is 31.2 Å². The molecule has 0 aliphatic rings. The van der Waals surface area contributed by atoms with E-state index in [9.17, 15) is 9.59 Å². The van der Waals surface area contributed by atoms with E-state index in [-0.39, 0.29) is 18.9 Å². The van der Waals surface area contributed by atoms with Crippen molar-refractivity contribution in [3.05, 3.63) is 83.9 Å². The minimum atomic E-state index is -0.895. The molecule has 2 N–H and O–H groups in total. The summed E-state index contributed by atoms with van der Waals surface area (Å²) >= 11 is 0. The molecule has 0 aliphatic carbocycles. The van der Waals surface area contributed by atoms with Gasteiger partial charge in [-0.3, -0.25) is 9.59 Å². The van der Waals surface area contributed by atoms with Crippen molar-refractivity contribution in [2.45, 2.75) is 13.3 Å². The van der Waals surface area contributed by atoms with Crippen LogP contribution in [0.3, 0.4) is 0 Å². The summed E-state index contributed by atoms with van der Waals surface area (Å²) in [5, 5.41) is 11.5. The lowest BCUT2D eigenvalue weighted by Crippen LogP contribution is -2.20. The van der Waals surface area contributed by atoms with Crippen molar-refractivity contribution < 1.29 is 24.2 Å². The maximum atomic E-state index is 12.1. The molecule has 0 spiro atoms. The van der Waals surface area contributed by atoms with Crippen molar-refractivity contribution >= 4 is 17.6 Å². The fraction of sp³-hybridized carbons (Fsp3) is 0.130. The summed E-state index contributed by atoms with van der Waals surface area (Å²) in [4.78, 5) is 22.7. The summed E-state index contributed by atoms with van der Waals surface area (Å²) < 4.78 is 11.2. The zero-order valence-electron chi connectivity index (χ0n) is 15.9. The van der Waals surface area contributed by atoms with Gasteiger partial charge in [0.2, 0.25) is 0 Å². The monoisotopic (exact) mass is 391 g/mol. The topological polar surface area (TPSA) is 84.9 Å². The third-order valence-electron chi connectivity index (χ3n) is 4.04. The standard InChI is InChI=1S/C23H21NO5/c1-16-2-8-20(9-3-16)29-21-12-6-18(7-13-21)24-22(25)15-28-19-10-4-17(5-11-19)14-23(26)27/h2-13H,14-15H2,1H3,(H,24,25)(H,26,27). The van der Waals surface area contributed by atoms with Crippen molar-refractivity contribution in [2.75, 3.05) is 11.9 Å². The second kappa shape index (κ2) is 9.41. The van der Waals surface area contributed by atoms with Crippen LogP contribution >= 0.6 is 0 Å². The molecule has 0 radical (unpaired) electrons. The van der Waals surface area contributed by atoms with Crippen LogP contribution < -0.4 is 14.8 Å². The number of carbonyl (C=O) groups excluding carboxylic acids is 1. The number of hydrogen-bond acceptors (Lipinski definition) is 4. The van der Waals surface area contributed by atoms with Gasteiger partial charge in [-0.15, -0.1) is 0 Å². The van der Waals surface area contributed by atoms with Crippen LogP contribution in [0.1, 0.15) is 11.1 Å². The number of amides is 1. The Morgan fingerprint density at radius 1 is 0.828 bits per heavy atom. The van der Waals surface area contributed by atoms with Gasteiger partial charge in [-0.05, 0) is 61.0 Å². The van der Waals surface area contributed by atoms with E-state index >= 15 is 0 Å². The molecule has 0 saturated heterocycles. The van der Waals surface area contributed by atoms with E-state index in [4.69, 9.17) is 14.6 Å². The van der Waals surface area contributed by atoms with Crippen LogP contribution in [0, 0.1) is 6.92 Å². The quantitative estimate of drug-likeness (QED) is 0.593. The first-order chi connectivity index (χ1) is 14.0. The van der Waals surface area contributed by atoms with Gasteiger partial charge in [0.1, 0.15) is 17.2 Å². The molecule has 3 aromatic carbocycles. The Hall–Kier alpha value is -3.80. The number of ether oxygens (including phenoxy) is 2. The van der Waals surface area contributed by atoms with Crippen LogP contribution in [0.25, 0.3) is 0 Å². The molecule has 0 aliphatic heterocycles. The van der Waals surface area contributed by atoms with E-state index in [0.29, 0.717) is 22.7 Å². The van der Waals surface area contributed by atoms with Crippen LogP contribution in [0.4, 0.5) is 5.69 Å². The van der Waals surface area contributed by atoms with E-state index in [0.717, 1.165) is 11.3 Å². The molecule has 6 heteroatoms. The first kappa shape index (κ1) is 19.9. The summed E-state index contributed by atoms with van der Waals surface area (Å²) in [5.74, 6) is 0.719. The van der Waals surface area contributed by atoms with Crippen LogP contribution in [-0.2, 0) is 16.0 Å². The normalized spacial score (nSPS) is 10.2. The lowest BCUT2D eigenvalue weighted by Gasteiger charge is -2.09. The number of aryl methyl sites for hydroxylation is 1. The predicted molar refractivity (Wildman–Crippen MR) is 110 cm³/mol. The van der Waals surface area contributed by atoms with Crippen LogP contribution in [-0.4, -0.2) is 23.6 Å². The zero-order chi connectivity index (χ0) is 20.6. The highest BCUT2D eigenvalue weighted by atomic mass is 16.5.